The molecule has 1 aliphatic rings. The summed E-state index contributed by atoms with van der Waals surface area (Å²) < 4.78 is 13.7. The number of fused-ring (bicyclic) bond motifs is 1. The molecule has 0 bridgehead atoms. The smallest absolute Gasteiger partial charge is 0.338 e. The third kappa shape index (κ3) is 5.92. The predicted molar refractivity (Wildman–Crippen MR) is 163 cm³/mol. The number of carbonyl (C=O) groups excluding carboxylic acids is 1. The first kappa shape index (κ1) is 28.6. The molecule has 8 heteroatoms. The lowest BCUT2D eigenvalue weighted by atomic mass is 9.95. The van der Waals surface area contributed by atoms with Gasteiger partial charge in [-0.05, 0) is 92.8 Å². The molecule has 4 aromatic rings. The van der Waals surface area contributed by atoms with Crippen LogP contribution in [-0.4, -0.2) is 17.1 Å². The van der Waals surface area contributed by atoms with Crippen LogP contribution in [0.3, 0.4) is 0 Å². The fourth-order valence-electron chi connectivity index (χ4n) is 5.04. The van der Waals surface area contributed by atoms with Crippen LogP contribution >= 0.6 is 22.9 Å². The minimum absolute atomic E-state index is 0.202. The van der Waals surface area contributed by atoms with E-state index in [0.717, 1.165) is 39.1 Å². The van der Waals surface area contributed by atoms with E-state index >= 15 is 0 Å². The van der Waals surface area contributed by atoms with Gasteiger partial charge < -0.3 is 9.47 Å². The molecule has 1 atom stereocenters. The monoisotopic (exact) mass is 586 g/mol. The van der Waals surface area contributed by atoms with Gasteiger partial charge in [0.1, 0.15) is 12.4 Å². The number of aromatic nitrogens is 1. The minimum atomic E-state index is -0.625. The van der Waals surface area contributed by atoms with Crippen molar-refractivity contribution < 1.29 is 14.3 Å². The predicted octanol–water partition coefficient (Wildman–Crippen LogP) is 5.96. The number of hydrogen-bond acceptors (Lipinski definition) is 6. The molecule has 0 saturated carbocycles. The number of hydrogen-bond donors (Lipinski definition) is 0. The van der Waals surface area contributed by atoms with Gasteiger partial charge in [0.05, 0.1) is 28.5 Å². The average molecular weight is 587 g/mol. The molecule has 0 aliphatic carbocycles. The Bertz CT molecular complexity index is 1810. The fraction of sp³-hybridized carbons (Fsp3) is 0.242. The Balaban J connectivity index is 1.54. The number of nitrogens with zero attached hydrogens (tertiary/aromatic N) is 2. The number of esters is 1. The summed E-state index contributed by atoms with van der Waals surface area (Å²) in [4.78, 5) is 32.2. The lowest BCUT2D eigenvalue weighted by molar-refractivity contribution is -0.139. The van der Waals surface area contributed by atoms with Crippen molar-refractivity contribution in [2.75, 3.05) is 6.61 Å². The maximum Gasteiger partial charge on any atom is 0.338 e. The van der Waals surface area contributed by atoms with Gasteiger partial charge in [0.15, 0.2) is 4.80 Å². The number of halogens is 1. The summed E-state index contributed by atoms with van der Waals surface area (Å²) >= 11 is 7.31. The number of thiazole rings is 1. The molecule has 3 aromatic carbocycles. The summed E-state index contributed by atoms with van der Waals surface area (Å²) in [6.07, 6.45) is 1.88. The van der Waals surface area contributed by atoms with Gasteiger partial charge in [0.2, 0.25) is 0 Å². The van der Waals surface area contributed by atoms with Crippen molar-refractivity contribution in [2.24, 2.45) is 4.99 Å². The summed E-state index contributed by atoms with van der Waals surface area (Å²) in [5.41, 5.74) is 6.50. The summed E-state index contributed by atoms with van der Waals surface area (Å²) in [6, 6.07) is 18.8. The Labute approximate surface area is 247 Å². The van der Waals surface area contributed by atoms with E-state index in [2.05, 4.69) is 4.99 Å². The van der Waals surface area contributed by atoms with Gasteiger partial charge >= 0.3 is 5.97 Å². The van der Waals surface area contributed by atoms with Gasteiger partial charge in [-0.3, -0.25) is 9.36 Å². The maximum absolute atomic E-state index is 13.9. The van der Waals surface area contributed by atoms with Crippen LogP contribution in [0.5, 0.6) is 5.75 Å². The summed E-state index contributed by atoms with van der Waals surface area (Å²) in [5.74, 6) is 0.349. The van der Waals surface area contributed by atoms with Crippen molar-refractivity contribution in [3.8, 4) is 5.75 Å². The number of aryl methyl sites for hydroxylation is 3. The molecule has 2 heterocycles. The van der Waals surface area contributed by atoms with Crippen LogP contribution < -0.4 is 19.6 Å². The van der Waals surface area contributed by atoms with Gasteiger partial charge in [-0.15, -0.1) is 0 Å². The zero-order valence-corrected chi connectivity index (χ0v) is 25.2. The topological polar surface area (TPSA) is 69.9 Å². The van der Waals surface area contributed by atoms with Crippen LogP contribution in [0.1, 0.15) is 53.3 Å². The largest absolute Gasteiger partial charge is 0.488 e. The van der Waals surface area contributed by atoms with E-state index in [4.69, 9.17) is 21.1 Å². The molecule has 1 aromatic heterocycles. The molecule has 0 saturated heterocycles. The van der Waals surface area contributed by atoms with Gasteiger partial charge in [-0.1, -0.05) is 64.9 Å². The van der Waals surface area contributed by atoms with Crippen LogP contribution in [-0.2, 0) is 16.1 Å². The summed E-state index contributed by atoms with van der Waals surface area (Å²) in [7, 11) is 0. The molecule has 0 spiro atoms. The molecule has 0 fully saturated rings. The first-order valence-corrected chi connectivity index (χ1v) is 14.6. The number of carbonyl (C=O) groups is 1. The Morgan fingerprint density at radius 1 is 1.02 bits per heavy atom. The van der Waals surface area contributed by atoms with E-state index in [-0.39, 0.29) is 12.2 Å². The molecule has 1 aliphatic heterocycles. The molecule has 5 rings (SSSR count). The van der Waals surface area contributed by atoms with E-state index in [0.29, 0.717) is 32.2 Å². The summed E-state index contributed by atoms with van der Waals surface area (Å²) in [5, 5.41) is 0.688. The molecular weight excluding hydrogens is 556 g/mol. The van der Waals surface area contributed by atoms with Crippen molar-refractivity contribution in [3.05, 3.63) is 130 Å². The van der Waals surface area contributed by atoms with Crippen LogP contribution in [0.15, 0.2) is 81.7 Å². The lowest BCUT2D eigenvalue weighted by Gasteiger charge is -2.24. The lowest BCUT2D eigenvalue weighted by Crippen LogP contribution is -2.39. The van der Waals surface area contributed by atoms with Crippen molar-refractivity contribution in [1.82, 2.24) is 4.57 Å². The molecule has 41 heavy (non-hydrogen) atoms. The SMILES string of the molecule is CCOC(=O)C1=C(C)N=c2s/c(=C\c3cc(C)c(OCc4ccc(Cl)cc4)c(C)c3)c(=O)n2[C@@H]1c1ccc(C)cc1. The van der Waals surface area contributed by atoms with Crippen molar-refractivity contribution in [3.63, 3.8) is 0 Å². The second kappa shape index (κ2) is 11.9. The number of benzene rings is 3. The van der Waals surface area contributed by atoms with Crippen molar-refractivity contribution in [2.45, 2.75) is 47.3 Å². The van der Waals surface area contributed by atoms with Crippen molar-refractivity contribution in [1.29, 1.82) is 0 Å². The van der Waals surface area contributed by atoms with E-state index in [1.54, 1.807) is 18.4 Å². The van der Waals surface area contributed by atoms with Crippen LogP contribution in [0.4, 0.5) is 0 Å². The first-order chi connectivity index (χ1) is 19.7. The highest BCUT2D eigenvalue weighted by Crippen LogP contribution is 2.31. The van der Waals surface area contributed by atoms with E-state index in [1.165, 1.54) is 11.3 Å². The van der Waals surface area contributed by atoms with Gasteiger partial charge in [0.25, 0.3) is 5.56 Å². The first-order valence-electron chi connectivity index (χ1n) is 13.4. The second-order valence-corrected chi connectivity index (χ2v) is 11.6. The van der Waals surface area contributed by atoms with Crippen LogP contribution in [0, 0.1) is 20.8 Å². The number of rotatable bonds is 7. The van der Waals surface area contributed by atoms with Crippen molar-refractivity contribution >= 4 is 35.0 Å². The van der Waals surface area contributed by atoms with E-state index in [1.807, 2.05) is 87.5 Å². The normalized spacial score (nSPS) is 15.0. The Morgan fingerprint density at radius 3 is 2.32 bits per heavy atom. The quantitative estimate of drug-likeness (QED) is 0.251. The third-order valence-corrected chi connectivity index (χ3v) is 8.22. The maximum atomic E-state index is 13.9. The highest BCUT2D eigenvalue weighted by Gasteiger charge is 2.33. The summed E-state index contributed by atoms with van der Waals surface area (Å²) in [6.45, 7) is 10.2. The third-order valence-electron chi connectivity index (χ3n) is 6.99. The molecular formula is C33H31ClN2O4S. The van der Waals surface area contributed by atoms with Gasteiger partial charge in [-0.25, -0.2) is 9.79 Å². The highest BCUT2D eigenvalue weighted by atomic mass is 35.5. The molecule has 0 radical (unpaired) electrons. The zero-order valence-electron chi connectivity index (χ0n) is 23.7. The van der Waals surface area contributed by atoms with Gasteiger partial charge in [-0.2, -0.15) is 0 Å². The average Bonchev–Trinajstić information content (AvgIpc) is 3.23. The zero-order chi connectivity index (χ0) is 29.3. The minimum Gasteiger partial charge on any atom is -0.488 e. The Morgan fingerprint density at radius 2 is 1.68 bits per heavy atom. The van der Waals surface area contributed by atoms with Crippen LogP contribution in [0.25, 0.3) is 6.08 Å². The fourth-order valence-corrected chi connectivity index (χ4v) is 6.21. The standard InChI is InChI=1S/C33H31ClN2O4S/c1-6-39-32(38)28-22(5)35-33-36(29(28)25-11-7-19(2)8-12-25)31(37)27(41-33)17-24-15-20(3)30(21(4)16-24)40-18-23-9-13-26(34)14-10-23/h7-17,29H,6,18H2,1-5H3/b27-17-/t29-/m1/s1. The second-order valence-electron chi connectivity index (χ2n) is 10.1. The number of ether oxygens (including phenoxy) is 2. The number of allylic oxidation sites excluding steroid dienone is 1. The highest BCUT2D eigenvalue weighted by molar-refractivity contribution is 7.07. The molecule has 0 unspecified atom stereocenters. The molecule has 6 nitrogen and oxygen atoms in total. The van der Waals surface area contributed by atoms with E-state index in [9.17, 15) is 9.59 Å². The van der Waals surface area contributed by atoms with E-state index < -0.39 is 12.0 Å². The van der Waals surface area contributed by atoms with Crippen LogP contribution in [0.2, 0.25) is 5.02 Å². The molecule has 0 N–H and O–H groups in total. The Kier molecular flexibility index (Phi) is 8.29. The Hall–Kier alpha value is -3.94. The molecule has 0 amide bonds. The van der Waals surface area contributed by atoms with Gasteiger partial charge in [0, 0.05) is 5.02 Å². The molecule has 210 valence electrons.